The van der Waals surface area contributed by atoms with Gasteiger partial charge in [-0.3, -0.25) is 4.79 Å². The number of hydrogen-bond donors (Lipinski definition) is 0. The zero-order valence-corrected chi connectivity index (χ0v) is 10.3. The van der Waals surface area contributed by atoms with Crippen LogP contribution in [-0.4, -0.2) is 21.0 Å². The molecule has 1 aromatic heterocycles. The first-order chi connectivity index (χ1) is 9.10. The molecule has 2 aromatic rings. The summed E-state index contributed by atoms with van der Waals surface area (Å²) in [5.74, 6) is 0.0331. The van der Waals surface area contributed by atoms with E-state index >= 15 is 0 Å². The van der Waals surface area contributed by atoms with E-state index in [1.165, 1.54) is 10.9 Å². The lowest BCUT2D eigenvalue weighted by Gasteiger charge is -2.03. The molecule has 0 aliphatic carbocycles. The Morgan fingerprint density at radius 1 is 1.53 bits per heavy atom. The normalized spacial score (nSPS) is 10.2. The van der Waals surface area contributed by atoms with Crippen LogP contribution in [0.4, 0.5) is 5.82 Å². The number of ether oxygens (including phenoxy) is 1. The zero-order chi connectivity index (χ0) is 13.8. The molecule has 0 radical (unpaired) electrons. The SMILES string of the molecule is O=Cc1cccc(OCn2cc(Cl)c([N+](=O)[O-])n2)c1. The van der Waals surface area contributed by atoms with Gasteiger partial charge in [0.1, 0.15) is 12.0 Å². The summed E-state index contributed by atoms with van der Waals surface area (Å²) < 4.78 is 6.55. The molecule has 0 saturated carbocycles. The molecular formula is C11H8ClN3O4. The molecule has 0 unspecified atom stereocenters. The number of aromatic nitrogens is 2. The summed E-state index contributed by atoms with van der Waals surface area (Å²) in [7, 11) is 0. The van der Waals surface area contributed by atoms with E-state index in [9.17, 15) is 14.9 Å². The first kappa shape index (κ1) is 13.0. The predicted octanol–water partition coefficient (Wildman–Crippen LogP) is 2.29. The van der Waals surface area contributed by atoms with Gasteiger partial charge in [0.25, 0.3) is 0 Å². The minimum atomic E-state index is -0.675. The second-order valence-electron chi connectivity index (χ2n) is 3.56. The Hall–Kier alpha value is -2.41. The first-order valence-corrected chi connectivity index (χ1v) is 5.53. The molecule has 0 bridgehead atoms. The monoisotopic (exact) mass is 281 g/mol. The average Bonchev–Trinajstić information content (AvgIpc) is 2.78. The summed E-state index contributed by atoms with van der Waals surface area (Å²) in [6, 6.07) is 6.51. The highest BCUT2D eigenvalue weighted by atomic mass is 35.5. The quantitative estimate of drug-likeness (QED) is 0.477. The van der Waals surface area contributed by atoms with Crippen molar-refractivity contribution in [3.8, 4) is 5.75 Å². The number of carbonyl (C=O) groups excluding carboxylic acids is 1. The standard InChI is InChI=1S/C11H8ClN3O4/c12-10-5-14(13-11(10)15(17)18)7-19-9-3-1-2-8(4-9)6-16/h1-6H,7H2. The van der Waals surface area contributed by atoms with Crippen LogP contribution in [0.2, 0.25) is 5.02 Å². The molecule has 1 aromatic carbocycles. The van der Waals surface area contributed by atoms with Crippen molar-refractivity contribution < 1.29 is 14.5 Å². The van der Waals surface area contributed by atoms with Crippen LogP contribution in [-0.2, 0) is 6.73 Å². The topological polar surface area (TPSA) is 87.3 Å². The lowest BCUT2D eigenvalue weighted by molar-refractivity contribution is -0.389. The molecule has 0 spiro atoms. The maximum absolute atomic E-state index is 10.6. The Bertz CT molecular complexity index is 626. The van der Waals surface area contributed by atoms with Gasteiger partial charge in [0, 0.05) is 5.56 Å². The van der Waals surface area contributed by atoms with Crippen LogP contribution in [0.15, 0.2) is 30.5 Å². The van der Waals surface area contributed by atoms with Gasteiger partial charge in [-0.25, -0.2) is 0 Å². The van der Waals surface area contributed by atoms with Gasteiger partial charge in [0.15, 0.2) is 5.02 Å². The van der Waals surface area contributed by atoms with Crippen LogP contribution in [0, 0.1) is 10.1 Å². The molecule has 19 heavy (non-hydrogen) atoms. The van der Waals surface area contributed by atoms with Gasteiger partial charge in [-0.1, -0.05) is 23.7 Å². The van der Waals surface area contributed by atoms with Crippen LogP contribution < -0.4 is 4.74 Å². The van der Waals surface area contributed by atoms with Crippen molar-refractivity contribution in [3.63, 3.8) is 0 Å². The van der Waals surface area contributed by atoms with E-state index in [2.05, 4.69) is 5.10 Å². The minimum absolute atomic E-state index is 0.0458. The van der Waals surface area contributed by atoms with Crippen molar-refractivity contribution in [2.45, 2.75) is 6.73 Å². The van der Waals surface area contributed by atoms with Gasteiger partial charge in [-0.2, -0.15) is 0 Å². The molecule has 0 fully saturated rings. The summed E-state index contributed by atoms with van der Waals surface area (Å²) in [6.07, 6.45) is 1.99. The third-order valence-corrected chi connectivity index (χ3v) is 2.50. The summed E-state index contributed by atoms with van der Waals surface area (Å²) in [6.45, 7) is -0.0458. The van der Waals surface area contributed by atoms with Crippen molar-refractivity contribution in [1.82, 2.24) is 9.78 Å². The number of carbonyl (C=O) groups is 1. The van der Waals surface area contributed by atoms with Crippen molar-refractivity contribution in [3.05, 3.63) is 51.2 Å². The maximum atomic E-state index is 10.6. The van der Waals surface area contributed by atoms with E-state index in [1.807, 2.05) is 0 Å². The lowest BCUT2D eigenvalue weighted by atomic mass is 10.2. The molecule has 0 saturated heterocycles. The maximum Gasteiger partial charge on any atom is 0.408 e. The second-order valence-corrected chi connectivity index (χ2v) is 3.97. The molecule has 0 atom stereocenters. The van der Waals surface area contributed by atoms with Gasteiger partial charge in [0.2, 0.25) is 6.73 Å². The van der Waals surface area contributed by atoms with Crippen molar-refractivity contribution in [1.29, 1.82) is 0 Å². The van der Waals surface area contributed by atoms with E-state index in [0.29, 0.717) is 17.6 Å². The second kappa shape index (κ2) is 5.49. The Morgan fingerprint density at radius 2 is 2.32 bits per heavy atom. The molecule has 7 nitrogen and oxygen atoms in total. The number of hydrogen-bond acceptors (Lipinski definition) is 5. The van der Waals surface area contributed by atoms with Gasteiger partial charge >= 0.3 is 5.82 Å². The number of halogens is 1. The van der Waals surface area contributed by atoms with Gasteiger partial charge in [0.05, 0.1) is 11.3 Å². The van der Waals surface area contributed by atoms with Crippen molar-refractivity contribution in [2.24, 2.45) is 0 Å². The minimum Gasteiger partial charge on any atom is -0.469 e. The van der Waals surface area contributed by atoms with E-state index in [1.54, 1.807) is 24.3 Å². The molecule has 2 rings (SSSR count). The zero-order valence-electron chi connectivity index (χ0n) is 9.52. The average molecular weight is 282 g/mol. The van der Waals surface area contributed by atoms with Crippen LogP contribution in [0.1, 0.15) is 10.4 Å². The fraction of sp³-hybridized carbons (Fsp3) is 0.0909. The van der Waals surface area contributed by atoms with Crippen molar-refractivity contribution >= 4 is 23.7 Å². The first-order valence-electron chi connectivity index (χ1n) is 5.15. The number of aldehydes is 1. The van der Waals surface area contributed by atoms with Crippen LogP contribution in [0.5, 0.6) is 5.75 Å². The van der Waals surface area contributed by atoms with E-state index < -0.39 is 10.7 Å². The van der Waals surface area contributed by atoms with Crippen LogP contribution in [0.3, 0.4) is 0 Å². The molecule has 98 valence electrons. The molecule has 8 heteroatoms. The summed E-state index contributed by atoms with van der Waals surface area (Å²) >= 11 is 5.64. The highest BCUT2D eigenvalue weighted by Gasteiger charge is 2.18. The third-order valence-electron chi connectivity index (χ3n) is 2.23. The highest BCUT2D eigenvalue weighted by molar-refractivity contribution is 6.32. The van der Waals surface area contributed by atoms with Gasteiger partial charge in [-0.05, 0) is 17.1 Å². The Kier molecular flexibility index (Phi) is 3.76. The van der Waals surface area contributed by atoms with Crippen molar-refractivity contribution in [2.75, 3.05) is 0 Å². The number of benzene rings is 1. The fourth-order valence-corrected chi connectivity index (χ4v) is 1.61. The highest BCUT2D eigenvalue weighted by Crippen LogP contribution is 2.21. The van der Waals surface area contributed by atoms with Gasteiger partial charge < -0.3 is 14.9 Å². The van der Waals surface area contributed by atoms with E-state index in [4.69, 9.17) is 16.3 Å². The number of nitrogens with zero attached hydrogens (tertiary/aromatic N) is 3. The van der Waals surface area contributed by atoms with E-state index in [-0.39, 0.29) is 11.8 Å². The van der Waals surface area contributed by atoms with Crippen LogP contribution in [0.25, 0.3) is 0 Å². The molecule has 0 amide bonds. The molecule has 0 aliphatic heterocycles. The fourth-order valence-electron chi connectivity index (χ4n) is 1.40. The molecule has 0 aliphatic rings. The van der Waals surface area contributed by atoms with Crippen LogP contribution >= 0.6 is 11.6 Å². The Labute approximate surface area is 112 Å². The Balaban J connectivity index is 2.07. The summed E-state index contributed by atoms with van der Waals surface area (Å²) in [4.78, 5) is 20.5. The molecule has 1 heterocycles. The molecule has 0 N–H and O–H groups in total. The van der Waals surface area contributed by atoms with Gasteiger partial charge in [-0.15, -0.1) is 4.68 Å². The molecular weight excluding hydrogens is 274 g/mol. The largest absolute Gasteiger partial charge is 0.469 e. The number of nitro groups is 1. The van der Waals surface area contributed by atoms with E-state index in [0.717, 1.165) is 0 Å². The smallest absolute Gasteiger partial charge is 0.408 e. The summed E-state index contributed by atoms with van der Waals surface area (Å²) in [5.41, 5.74) is 0.474. The third kappa shape index (κ3) is 3.08. The number of rotatable bonds is 5. The Morgan fingerprint density at radius 3 is 2.95 bits per heavy atom. The summed E-state index contributed by atoms with van der Waals surface area (Å²) in [5, 5.41) is 14.2. The predicted molar refractivity (Wildman–Crippen MR) is 66.3 cm³/mol. The lowest BCUT2D eigenvalue weighted by Crippen LogP contribution is -2.06.